The minimum atomic E-state index is -0.991. The van der Waals surface area contributed by atoms with Gasteiger partial charge in [-0.15, -0.1) is 0 Å². The minimum Gasteiger partial charge on any atom is -0.478 e. The molecule has 0 aliphatic carbocycles. The number of carboxylic acid groups (broad SMARTS) is 1. The maximum atomic E-state index is 12.9. The molecule has 1 saturated heterocycles. The second kappa shape index (κ2) is 6.70. The number of carboxylic acids is 1. The predicted octanol–water partition coefficient (Wildman–Crippen LogP) is 2.01. The van der Waals surface area contributed by atoms with Crippen LogP contribution in [-0.4, -0.2) is 58.6 Å². The molecular weight excluding hydrogens is 340 g/mol. The fourth-order valence-electron chi connectivity index (χ4n) is 3.25. The second-order valence-corrected chi connectivity index (χ2v) is 7.86. The molecule has 0 bridgehead atoms. The van der Waals surface area contributed by atoms with Gasteiger partial charge in [-0.2, -0.15) is 0 Å². The molecule has 0 spiro atoms. The van der Waals surface area contributed by atoms with Gasteiger partial charge in [0.25, 0.3) is 0 Å². The molecule has 1 aliphatic rings. The topological polar surface area (TPSA) is 94.6 Å². The SMILES string of the molecule is CC(C)N[C@@]1(C(=O)Nc2nc3cc(C(=O)O)ccc3s2)CCN(C)C1. The molecule has 1 aromatic carbocycles. The van der Waals surface area contributed by atoms with Crippen LogP contribution in [0.15, 0.2) is 18.2 Å². The highest BCUT2D eigenvalue weighted by Crippen LogP contribution is 2.29. The van der Waals surface area contributed by atoms with Gasteiger partial charge in [0, 0.05) is 19.1 Å². The first-order valence-electron chi connectivity index (χ1n) is 8.21. The van der Waals surface area contributed by atoms with Gasteiger partial charge < -0.3 is 15.3 Å². The highest BCUT2D eigenvalue weighted by molar-refractivity contribution is 7.22. The van der Waals surface area contributed by atoms with Gasteiger partial charge in [-0.1, -0.05) is 11.3 Å². The zero-order valence-electron chi connectivity index (χ0n) is 14.5. The molecule has 1 fully saturated rings. The van der Waals surface area contributed by atoms with Gasteiger partial charge in [0.15, 0.2) is 5.13 Å². The van der Waals surface area contributed by atoms with Gasteiger partial charge in [-0.25, -0.2) is 9.78 Å². The third-order valence-electron chi connectivity index (χ3n) is 4.31. The first-order valence-corrected chi connectivity index (χ1v) is 9.02. The lowest BCUT2D eigenvalue weighted by atomic mass is 9.96. The zero-order chi connectivity index (χ0) is 18.2. The summed E-state index contributed by atoms with van der Waals surface area (Å²) < 4.78 is 0.842. The Morgan fingerprint density at radius 1 is 1.40 bits per heavy atom. The van der Waals surface area contributed by atoms with E-state index in [4.69, 9.17) is 5.11 Å². The number of hydrogen-bond acceptors (Lipinski definition) is 6. The summed E-state index contributed by atoms with van der Waals surface area (Å²) in [5, 5.41) is 15.9. The number of rotatable bonds is 5. The molecule has 134 valence electrons. The molecule has 2 aromatic rings. The Labute approximate surface area is 150 Å². The quantitative estimate of drug-likeness (QED) is 0.753. The average Bonchev–Trinajstić information content (AvgIpc) is 3.09. The normalized spacial score (nSPS) is 21.1. The Morgan fingerprint density at radius 2 is 2.16 bits per heavy atom. The van der Waals surface area contributed by atoms with E-state index < -0.39 is 11.5 Å². The summed E-state index contributed by atoms with van der Waals surface area (Å²) in [5.74, 6) is -1.09. The number of thiazole rings is 1. The summed E-state index contributed by atoms with van der Waals surface area (Å²) in [6.45, 7) is 5.55. The van der Waals surface area contributed by atoms with E-state index in [9.17, 15) is 9.59 Å². The van der Waals surface area contributed by atoms with E-state index in [0.717, 1.165) is 17.7 Å². The number of likely N-dealkylation sites (N-methyl/N-ethyl adjacent to an activating group) is 1. The van der Waals surface area contributed by atoms with Crippen molar-refractivity contribution in [2.24, 2.45) is 0 Å². The number of amides is 1. The largest absolute Gasteiger partial charge is 0.478 e. The lowest BCUT2D eigenvalue weighted by molar-refractivity contribution is -0.122. The number of carbonyl (C=O) groups excluding carboxylic acids is 1. The third-order valence-corrected chi connectivity index (χ3v) is 5.27. The van der Waals surface area contributed by atoms with Crippen molar-refractivity contribution >= 4 is 38.6 Å². The lowest BCUT2D eigenvalue weighted by Gasteiger charge is -2.30. The number of anilines is 1. The van der Waals surface area contributed by atoms with E-state index in [0.29, 0.717) is 17.2 Å². The molecule has 0 unspecified atom stereocenters. The first kappa shape index (κ1) is 17.8. The molecule has 1 atom stereocenters. The van der Waals surface area contributed by atoms with Crippen molar-refractivity contribution in [3.05, 3.63) is 23.8 Å². The van der Waals surface area contributed by atoms with Crippen molar-refractivity contribution in [2.75, 3.05) is 25.5 Å². The van der Waals surface area contributed by atoms with E-state index in [-0.39, 0.29) is 17.5 Å². The van der Waals surface area contributed by atoms with Crippen LogP contribution >= 0.6 is 11.3 Å². The molecule has 1 amide bonds. The molecule has 0 radical (unpaired) electrons. The molecule has 2 heterocycles. The number of aromatic carboxylic acids is 1. The molecule has 7 nitrogen and oxygen atoms in total. The van der Waals surface area contributed by atoms with Gasteiger partial charge in [-0.05, 0) is 45.5 Å². The Bertz CT molecular complexity index is 819. The van der Waals surface area contributed by atoms with Crippen molar-refractivity contribution in [2.45, 2.75) is 31.8 Å². The van der Waals surface area contributed by atoms with Crippen LogP contribution in [-0.2, 0) is 4.79 Å². The van der Waals surface area contributed by atoms with Crippen LogP contribution in [0.4, 0.5) is 5.13 Å². The molecule has 3 N–H and O–H groups in total. The second-order valence-electron chi connectivity index (χ2n) is 6.83. The number of fused-ring (bicyclic) bond motifs is 1. The molecule has 8 heteroatoms. The highest BCUT2D eigenvalue weighted by Gasteiger charge is 2.44. The minimum absolute atomic E-state index is 0.0944. The summed E-state index contributed by atoms with van der Waals surface area (Å²) in [5.41, 5.74) is 0.133. The fraction of sp³-hybridized carbons (Fsp3) is 0.471. The maximum Gasteiger partial charge on any atom is 0.335 e. The van der Waals surface area contributed by atoms with Crippen LogP contribution in [0.2, 0.25) is 0 Å². The van der Waals surface area contributed by atoms with Gasteiger partial charge in [-0.3, -0.25) is 10.1 Å². The maximum absolute atomic E-state index is 12.9. The van der Waals surface area contributed by atoms with Crippen LogP contribution in [0.25, 0.3) is 10.2 Å². The number of likely N-dealkylation sites (tertiary alicyclic amines) is 1. The summed E-state index contributed by atoms with van der Waals surface area (Å²) in [6, 6.07) is 4.97. The molecule has 1 aliphatic heterocycles. The number of nitrogens with one attached hydrogen (secondary N) is 2. The Kier molecular flexibility index (Phi) is 4.77. The van der Waals surface area contributed by atoms with Crippen LogP contribution in [0.1, 0.15) is 30.6 Å². The fourth-order valence-corrected chi connectivity index (χ4v) is 4.09. The van der Waals surface area contributed by atoms with Gasteiger partial charge >= 0.3 is 5.97 Å². The third kappa shape index (κ3) is 3.65. The van der Waals surface area contributed by atoms with Crippen molar-refractivity contribution in [1.82, 2.24) is 15.2 Å². The van der Waals surface area contributed by atoms with Gasteiger partial charge in [0.1, 0.15) is 5.54 Å². The van der Waals surface area contributed by atoms with Crippen LogP contribution in [0.5, 0.6) is 0 Å². The Hall–Kier alpha value is -2.03. The van der Waals surface area contributed by atoms with E-state index in [1.807, 2.05) is 20.9 Å². The standard InChI is InChI=1S/C17H22N4O3S/c1-10(2)20-17(6-7-21(3)9-17)15(24)19-16-18-12-8-11(14(22)23)4-5-13(12)25-16/h4-5,8,10,20H,6-7,9H2,1-3H3,(H,22,23)(H,18,19,24)/t17-/m0/s1. The molecule has 25 heavy (non-hydrogen) atoms. The van der Waals surface area contributed by atoms with Crippen LogP contribution < -0.4 is 10.6 Å². The van der Waals surface area contributed by atoms with Gasteiger partial charge in [0.2, 0.25) is 5.91 Å². The number of aromatic nitrogens is 1. The predicted molar refractivity (Wildman–Crippen MR) is 98.3 cm³/mol. The van der Waals surface area contributed by atoms with E-state index in [2.05, 4.69) is 20.5 Å². The van der Waals surface area contributed by atoms with Crippen molar-refractivity contribution in [3.63, 3.8) is 0 Å². The van der Waals surface area contributed by atoms with E-state index in [1.54, 1.807) is 12.1 Å². The van der Waals surface area contributed by atoms with Crippen molar-refractivity contribution in [3.8, 4) is 0 Å². The lowest BCUT2D eigenvalue weighted by Crippen LogP contribution is -2.58. The highest BCUT2D eigenvalue weighted by atomic mass is 32.1. The first-order chi connectivity index (χ1) is 11.8. The van der Waals surface area contributed by atoms with Gasteiger partial charge in [0.05, 0.1) is 15.8 Å². The smallest absolute Gasteiger partial charge is 0.335 e. The number of carbonyl (C=O) groups is 2. The van der Waals surface area contributed by atoms with E-state index >= 15 is 0 Å². The molecule has 3 rings (SSSR count). The molecule has 1 aromatic heterocycles. The Morgan fingerprint density at radius 3 is 2.76 bits per heavy atom. The Balaban J connectivity index is 1.84. The summed E-state index contributed by atoms with van der Waals surface area (Å²) >= 11 is 1.35. The molecule has 0 saturated carbocycles. The average molecular weight is 362 g/mol. The van der Waals surface area contributed by atoms with E-state index in [1.165, 1.54) is 17.4 Å². The number of hydrogen-bond donors (Lipinski definition) is 3. The van der Waals surface area contributed by atoms with Crippen LogP contribution in [0.3, 0.4) is 0 Å². The number of benzene rings is 1. The summed E-state index contributed by atoms with van der Waals surface area (Å²) in [6.07, 6.45) is 0.738. The number of nitrogens with zero attached hydrogens (tertiary/aromatic N) is 2. The van der Waals surface area contributed by atoms with Crippen molar-refractivity contribution in [1.29, 1.82) is 0 Å². The summed E-state index contributed by atoms with van der Waals surface area (Å²) in [4.78, 5) is 30.5. The van der Waals surface area contributed by atoms with Crippen molar-refractivity contribution < 1.29 is 14.7 Å². The monoisotopic (exact) mass is 362 g/mol. The molecular formula is C17H22N4O3S. The zero-order valence-corrected chi connectivity index (χ0v) is 15.3. The van der Waals surface area contributed by atoms with Crippen LogP contribution in [0, 0.1) is 0 Å². The summed E-state index contributed by atoms with van der Waals surface area (Å²) in [7, 11) is 2.00.